The molecule has 1 atom stereocenters. The largest absolute Gasteiger partial charge is 0.354 e. The molecule has 3 aromatic rings. The third kappa shape index (κ3) is 6.17. The first-order valence-electron chi connectivity index (χ1n) is 11.2. The molecule has 1 aliphatic heterocycles. The molecule has 0 spiro atoms. The van der Waals surface area contributed by atoms with E-state index >= 15 is 0 Å². The molecule has 170 valence electrons. The summed E-state index contributed by atoms with van der Waals surface area (Å²) in [5, 5.41) is 6.00. The first kappa shape index (κ1) is 22.5. The van der Waals surface area contributed by atoms with Gasteiger partial charge in [-0.05, 0) is 48.9 Å². The van der Waals surface area contributed by atoms with Gasteiger partial charge >= 0.3 is 0 Å². The Labute approximate surface area is 194 Å². The number of rotatable bonds is 7. The van der Waals surface area contributed by atoms with Gasteiger partial charge in [-0.1, -0.05) is 36.4 Å². The second-order valence-electron chi connectivity index (χ2n) is 8.19. The summed E-state index contributed by atoms with van der Waals surface area (Å²) >= 11 is 0. The van der Waals surface area contributed by atoms with Gasteiger partial charge in [-0.2, -0.15) is 0 Å². The number of nitrogens with one attached hydrogen (secondary N) is 2. The molecule has 2 aromatic carbocycles. The van der Waals surface area contributed by atoms with Crippen molar-refractivity contribution >= 4 is 23.3 Å². The van der Waals surface area contributed by atoms with Crippen LogP contribution in [-0.4, -0.2) is 54.4 Å². The SMILES string of the molecule is CC(NC(=O)CN1CCN(c2ccccn2)CC1)c1cccc(NC(=O)c2ccccc2)c1. The molecule has 2 heterocycles. The Morgan fingerprint density at radius 3 is 2.42 bits per heavy atom. The van der Waals surface area contributed by atoms with Crippen LogP contribution in [0.25, 0.3) is 0 Å². The van der Waals surface area contributed by atoms with Crippen molar-refractivity contribution in [2.24, 2.45) is 0 Å². The summed E-state index contributed by atoms with van der Waals surface area (Å²) in [4.78, 5) is 33.9. The standard InChI is InChI=1S/C26H29N5O2/c1-20(22-10-7-11-23(18-22)29-26(33)21-8-3-2-4-9-21)28-25(32)19-30-14-16-31(17-15-30)24-12-5-6-13-27-24/h2-13,18,20H,14-17,19H2,1H3,(H,28,32)(H,29,33). The molecule has 1 fully saturated rings. The average molecular weight is 444 g/mol. The van der Waals surface area contributed by atoms with Crippen LogP contribution in [0.5, 0.6) is 0 Å². The van der Waals surface area contributed by atoms with E-state index in [1.165, 1.54) is 0 Å². The Kier molecular flexibility index (Phi) is 7.32. The minimum Gasteiger partial charge on any atom is -0.354 e. The summed E-state index contributed by atoms with van der Waals surface area (Å²) in [6.07, 6.45) is 1.80. The number of carbonyl (C=O) groups is 2. The molecule has 0 aliphatic carbocycles. The molecule has 7 heteroatoms. The van der Waals surface area contributed by atoms with Crippen molar-refractivity contribution in [2.45, 2.75) is 13.0 Å². The van der Waals surface area contributed by atoms with E-state index in [0.717, 1.165) is 37.6 Å². The van der Waals surface area contributed by atoms with E-state index < -0.39 is 0 Å². The normalized spacial score (nSPS) is 15.0. The van der Waals surface area contributed by atoms with Crippen molar-refractivity contribution in [3.8, 4) is 0 Å². The summed E-state index contributed by atoms with van der Waals surface area (Å²) in [6.45, 7) is 5.66. The molecule has 2 amide bonds. The fourth-order valence-electron chi connectivity index (χ4n) is 3.93. The number of hydrogen-bond donors (Lipinski definition) is 2. The Bertz CT molecular complexity index is 1070. The number of hydrogen-bond acceptors (Lipinski definition) is 5. The Morgan fingerprint density at radius 1 is 0.939 bits per heavy atom. The molecule has 0 radical (unpaired) electrons. The number of benzene rings is 2. The Hall–Kier alpha value is -3.71. The molecule has 1 unspecified atom stereocenters. The van der Waals surface area contributed by atoms with Crippen molar-refractivity contribution < 1.29 is 9.59 Å². The lowest BCUT2D eigenvalue weighted by molar-refractivity contribution is -0.123. The van der Waals surface area contributed by atoms with Gasteiger partial charge in [-0.15, -0.1) is 0 Å². The molecular weight excluding hydrogens is 414 g/mol. The van der Waals surface area contributed by atoms with E-state index in [-0.39, 0.29) is 17.9 Å². The van der Waals surface area contributed by atoms with E-state index in [9.17, 15) is 9.59 Å². The maximum atomic E-state index is 12.6. The van der Waals surface area contributed by atoms with Crippen LogP contribution in [0.1, 0.15) is 28.9 Å². The lowest BCUT2D eigenvalue weighted by atomic mass is 10.1. The van der Waals surface area contributed by atoms with E-state index in [1.807, 2.05) is 67.6 Å². The number of nitrogens with zero attached hydrogens (tertiary/aromatic N) is 3. The zero-order chi connectivity index (χ0) is 23.0. The first-order chi connectivity index (χ1) is 16.1. The zero-order valence-electron chi connectivity index (χ0n) is 18.8. The number of amides is 2. The van der Waals surface area contributed by atoms with E-state index in [2.05, 4.69) is 25.4 Å². The van der Waals surface area contributed by atoms with Gasteiger partial charge < -0.3 is 15.5 Å². The minimum atomic E-state index is -0.166. The quantitative estimate of drug-likeness (QED) is 0.586. The number of anilines is 2. The van der Waals surface area contributed by atoms with Gasteiger partial charge in [0.2, 0.25) is 5.91 Å². The van der Waals surface area contributed by atoms with Crippen molar-refractivity contribution in [1.29, 1.82) is 0 Å². The molecular formula is C26H29N5O2. The summed E-state index contributed by atoms with van der Waals surface area (Å²) in [7, 11) is 0. The third-order valence-corrected chi connectivity index (χ3v) is 5.77. The summed E-state index contributed by atoms with van der Waals surface area (Å²) in [5.74, 6) is 0.816. The summed E-state index contributed by atoms with van der Waals surface area (Å²) < 4.78 is 0. The van der Waals surface area contributed by atoms with Crippen LogP contribution in [0.3, 0.4) is 0 Å². The lowest BCUT2D eigenvalue weighted by Gasteiger charge is -2.35. The fraction of sp³-hybridized carbons (Fsp3) is 0.269. The van der Waals surface area contributed by atoms with Crippen LogP contribution in [0.2, 0.25) is 0 Å². The molecule has 0 saturated carbocycles. The van der Waals surface area contributed by atoms with Gasteiger partial charge in [0.05, 0.1) is 12.6 Å². The van der Waals surface area contributed by atoms with Crippen LogP contribution in [-0.2, 0) is 4.79 Å². The smallest absolute Gasteiger partial charge is 0.255 e. The van der Waals surface area contributed by atoms with Crippen LogP contribution < -0.4 is 15.5 Å². The summed E-state index contributed by atoms with van der Waals surface area (Å²) in [6, 6.07) is 22.4. The highest BCUT2D eigenvalue weighted by Gasteiger charge is 2.20. The predicted molar refractivity (Wildman–Crippen MR) is 130 cm³/mol. The zero-order valence-corrected chi connectivity index (χ0v) is 18.8. The van der Waals surface area contributed by atoms with Gasteiger partial charge in [0.15, 0.2) is 0 Å². The molecule has 2 N–H and O–H groups in total. The number of carbonyl (C=O) groups excluding carboxylic acids is 2. The van der Waals surface area contributed by atoms with Crippen LogP contribution in [0.15, 0.2) is 79.0 Å². The second kappa shape index (κ2) is 10.7. The van der Waals surface area contributed by atoms with Gasteiger partial charge in [0.1, 0.15) is 5.82 Å². The number of pyridine rings is 1. The van der Waals surface area contributed by atoms with E-state index in [1.54, 1.807) is 18.3 Å². The predicted octanol–water partition coefficient (Wildman–Crippen LogP) is 3.33. The van der Waals surface area contributed by atoms with Crippen LogP contribution >= 0.6 is 0 Å². The highest BCUT2D eigenvalue weighted by molar-refractivity contribution is 6.04. The van der Waals surface area contributed by atoms with Crippen LogP contribution in [0, 0.1) is 0 Å². The molecule has 33 heavy (non-hydrogen) atoms. The number of aromatic nitrogens is 1. The van der Waals surface area contributed by atoms with Gasteiger partial charge in [0.25, 0.3) is 5.91 Å². The topological polar surface area (TPSA) is 77.6 Å². The second-order valence-corrected chi connectivity index (χ2v) is 8.19. The van der Waals surface area contributed by atoms with E-state index in [0.29, 0.717) is 17.8 Å². The van der Waals surface area contributed by atoms with E-state index in [4.69, 9.17) is 0 Å². The Balaban J connectivity index is 1.27. The van der Waals surface area contributed by atoms with Gasteiger partial charge in [-0.25, -0.2) is 4.98 Å². The first-order valence-corrected chi connectivity index (χ1v) is 11.2. The number of piperazine rings is 1. The maximum Gasteiger partial charge on any atom is 0.255 e. The summed E-state index contributed by atoms with van der Waals surface area (Å²) in [5.41, 5.74) is 2.25. The third-order valence-electron chi connectivity index (χ3n) is 5.77. The fourth-order valence-corrected chi connectivity index (χ4v) is 3.93. The molecule has 4 rings (SSSR count). The monoisotopic (exact) mass is 443 g/mol. The Morgan fingerprint density at radius 2 is 1.70 bits per heavy atom. The molecule has 1 aromatic heterocycles. The minimum absolute atomic E-state index is 0.00693. The maximum absolute atomic E-state index is 12.6. The van der Waals surface area contributed by atoms with Gasteiger partial charge in [0, 0.05) is 43.6 Å². The highest BCUT2D eigenvalue weighted by Crippen LogP contribution is 2.18. The molecule has 1 aliphatic rings. The molecule has 1 saturated heterocycles. The molecule has 0 bridgehead atoms. The van der Waals surface area contributed by atoms with Crippen molar-refractivity contribution in [3.05, 3.63) is 90.1 Å². The lowest BCUT2D eigenvalue weighted by Crippen LogP contribution is -2.49. The van der Waals surface area contributed by atoms with Crippen molar-refractivity contribution in [2.75, 3.05) is 42.9 Å². The van der Waals surface area contributed by atoms with Crippen LogP contribution in [0.4, 0.5) is 11.5 Å². The van der Waals surface area contributed by atoms with Crippen molar-refractivity contribution in [1.82, 2.24) is 15.2 Å². The van der Waals surface area contributed by atoms with Gasteiger partial charge in [-0.3, -0.25) is 14.5 Å². The average Bonchev–Trinajstić information content (AvgIpc) is 2.85. The molecule has 7 nitrogen and oxygen atoms in total. The van der Waals surface area contributed by atoms with Crippen molar-refractivity contribution in [3.63, 3.8) is 0 Å². The highest BCUT2D eigenvalue weighted by atomic mass is 16.2.